The number of thiazole rings is 1. The lowest BCUT2D eigenvalue weighted by molar-refractivity contribution is -0.139. The van der Waals surface area contributed by atoms with E-state index < -0.39 is 18.0 Å². The van der Waals surface area contributed by atoms with Crippen LogP contribution in [0.3, 0.4) is 0 Å². The van der Waals surface area contributed by atoms with Crippen LogP contribution in [0.2, 0.25) is 0 Å². The van der Waals surface area contributed by atoms with Crippen LogP contribution in [-0.4, -0.2) is 28.1 Å². The molecule has 1 atom stereocenters. The normalized spacial score (nSPS) is 11.8. The summed E-state index contributed by atoms with van der Waals surface area (Å²) in [5.41, 5.74) is 1.68. The van der Waals surface area contributed by atoms with Gasteiger partial charge in [0.05, 0.1) is 12.1 Å². The van der Waals surface area contributed by atoms with E-state index in [1.54, 1.807) is 11.7 Å². The van der Waals surface area contributed by atoms with Gasteiger partial charge in [-0.25, -0.2) is 9.59 Å². The van der Waals surface area contributed by atoms with Crippen LogP contribution in [0.25, 0.3) is 0 Å². The zero-order valence-electron chi connectivity index (χ0n) is 10.2. The van der Waals surface area contributed by atoms with Crippen LogP contribution in [0.5, 0.6) is 0 Å². The molecule has 1 heterocycles. The van der Waals surface area contributed by atoms with Crippen molar-refractivity contribution in [3.05, 3.63) is 16.6 Å². The van der Waals surface area contributed by atoms with Crippen LogP contribution in [0.1, 0.15) is 31.1 Å². The third-order valence-corrected chi connectivity index (χ3v) is 3.14. The molecule has 0 saturated carbocycles. The van der Waals surface area contributed by atoms with Crippen molar-refractivity contribution < 1.29 is 14.7 Å². The third-order valence-electron chi connectivity index (χ3n) is 2.36. The Labute approximate surface area is 109 Å². The molecule has 0 bridgehead atoms. The number of nitrogens with zero attached hydrogens (tertiary/aromatic N) is 1. The van der Waals surface area contributed by atoms with Crippen molar-refractivity contribution in [3.8, 4) is 0 Å². The molecule has 0 radical (unpaired) electrons. The highest BCUT2D eigenvalue weighted by Gasteiger charge is 2.18. The highest BCUT2D eigenvalue weighted by atomic mass is 32.1. The van der Waals surface area contributed by atoms with E-state index in [0.717, 1.165) is 17.7 Å². The fourth-order valence-corrected chi connectivity index (χ4v) is 1.91. The number of aliphatic carboxylic acids is 1. The van der Waals surface area contributed by atoms with E-state index in [9.17, 15) is 9.59 Å². The molecule has 0 saturated heterocycles. The minimum atomic E-state index is -1.00. The Kier molecular flexibility index (Phi) is 6.13. The Balaban J connectivity index is 2.34. The molecular formula is C11H17N3O3S. The molecule has 0 unspecified atom stereocenters. The first-order valence-corrected chi connectivity index (χ1v) is 6.66. The van der Waals surface area contributed by atoms with Crippen LogP contribution in [-0.2, 0) is 11.3 Å². The summed E-state index contributed by atoms with van der Waals surface area (Å²) in [6, 6.07) is -1.29. The van der Waals surface area contributed by atoms with Crippen molar-refractivity contribution >= 4 is 23.3 Å². The van der Waals surface area contributed by atoms with Crippen LogP contribution >= 0.6 is 11.3 Å². The maximum Gasteiger partial charge on any atom is 0.326 e. The van der Waals surface area contributed by atoms with Gasteiger partial charge in [-0.2, -0.15) is 0 Å². The van der Waals surface area contributed by atoms with E-state index in [4.69, 9.17) is 5.11 Å². The van der Waals surface area contributed by atoms with Gasteiger partial charge >= 0.3 is 12.0 Å². The monoisotopic (exact) mass is 271 g/mol. The number of carboxylic acids is 1. The Bertz CT molecular complexity index is 381. The number of aromatic nitrogens is 1. The first-order valence-electron chi connectivity index (χ1n) is 5.78. The molecule has 0 aliphatic carbocycles. The van der Waals surface area contributed by atoms with Crippen molar-refractivity contribution in [2.24, 2.45) is 0 Å². The summed E-state index contributed by atoms with van der Waals surface area (Å²) in [6.45, 7) is 2.33. The number of hydrogen-bond donors (Lipinski definition) is 3. The van der Waals surface area contributed by atoms with Crippen molar-refractivity contribution in [3.63, 3.8) is 0 Å². The molecular weight excluding hydrogens is 254 g/mol. The van der Waals surface area contributed by atoms with Crippen molar-refractivity contribution in [1.82, 2.24) is 15.6 Å². The van der Waals surface area contributed by atoms with Gasteiger partial charge in [-0.3, -0.25) is 4.98 Å². The predicted octanol–water partition coefficient (Wildman–Crippen LogP) is 1.59. The molecule has 18 heavy (non-hydrogen) atoms. The van der Waals surface area contributed by atoms with Gasteiger partial charge in [0, 0.05) is 11.1 Å². The van der Waals surface area contributed by atoms with Crippen molar-refractivity contribution in [2.45, 2.75) is 38.8 Å². The molecule has 7 heteroatoms. The highest BCUT2D eigenvalue weighted by molar-refractivity contribution is 7.09. The first-order chi connectivity index (χ1) is 8.63. The van der Waals surface area contributed by atoms with Gasteiger partial charge in [0.1, 0.15) is 6.04 Å². The quantitative estimate of drug-likeness (QED) is 0.702. The number of nitrogens with one attached hydrogen (secondary N) is 2. The van der Waals surface area contributed by atoms with Gasteiger partial charge in [0.2, 0.25) is 0 Å². The number of urea groups is 1. The van der Waals surface area contributed by atoms with Gasteiger partial charge in [0.25, 0.3) is 0 Å². The minimum Gasteiger partial charge on any atom is -0.480 e. The zero-order valence-corrected chi connectivity index (χ0v) is 11.0. The summed E-state index contributed by atoms with van der Waals surface area (Å²) < 4.78 is 0. The van der Waals surface area contributed by atoms with Crippen molar-refractivity contribution in [1.29, 1.82) is 0 Å². The van der Waals surface area contributed by atoms with Crippen LogP contribution in [0, 0.1) is 0 Å². The van der Waals surface area contributed by atoms with Gasteiger partial charge < -0.3 is 15.7 Å². The Morgan fingerprint density at radius 2 is 2.33 bits per heavy atom. The predicted molar refractivity (Wildman–Crippen MR) is 68.4 cm³/mol. The van der Waals surface area contributed by atoms with E-state index in [2.05, 4.69) is 15.6 Å². The van der Waals surface area contributed by atoms with Gasteiger partial charge in [-0.15, -0.1) is 11.3 Å². The first kappa shape index (κ1) is 14.4. The average molecular weight is 271 g/mol. The summed E-state index contributed by atoms with van der Waals surface area (Å²) in [5.74, 6) is -1.00. The molecule has 2 amide bonds. The summed E-state index contributed by atoms with van der Waals surface area (Å²) in [6.07, 6.45) is 3.77. The molecule has 0 aliphatic heterocycles. The third kappa shape index (κ3) is 5.13. The fourth-order valence-electron chi connectivity index (χ4n) is 1.37. The Hall–Kier alpha value is -1.63. The van der Waals surface area contributed by atoms with Crippen LogP contribution in [0.4, 0.5) is 4.79 Å². The largest absolute Gasteiger partial charge is 0.480 e. The summed E-state index contributed by atoms with van der Waals surface area (Å²) >= 11 is 1.43. The molecule has 0 aliphatic rings. The topological polar surface area (TPSA) is 91.3 Å². The smallest absolute Gasteiger partial charge is 0.326 e. The second-order valence-corrected chi connectivity index (χ2v) is 4.80. The van der Waals surface area contributed by atoms with E-state index in [-0.39, 0.29) is 0 Å². The summed E-state index contributed by atoms with van der Waals surface area (Å²) in [7, 11) is 0. The standard InChI is InChI=1S/C11H17N3O3S/c1-2-3-4-9(10(15)16)14-11(17)13-6-8-5-12-7-18-8/h5,7,9H,2-4,6H2,1H3,(H,15,16)(H2,13,14,17)/t9-/m0/s1. The van der Waals surface area contributed by atoms with Crippen LogP contribution < -0.4 is 10.6 Å². The highest BCUT2D eigenvalue weighted by Crippen LogP contribution is 2.04. The van der Waals surface area contributed by atoms with Gasteiger partial charge in [0.15, 0.2) is 0 Å². The van der Waals surface area contributed by atoms with Crippen molar-refractivity contribution in [2.75, 3.05) is 0 Å². The number of unbranched alkanes of at least 4 members (excludes halogenated alkanes) is 1. The SMILES string of the molecule is CCCC[C@H](NC(=O)NCc1cncs1)C(=O)O. The number of carbonyl (C=O) groups is 2. The zero-order chi connectivity index (χ0) is 13.4. The maximum absolute atomic E-state index is 11.5. The Morgan fingerprint density at radius 3 is 2.89 bits per heavy atom. The number of carbonyl (C=O) groups excluding carboxylic acids is 1. The second kappa shape index (κ2) is 7.65. The summed E-state index contributed by atoms with van der Waals surface area (Å²) in [5, 5.41) is 14.0. The maximum atomic E-state index is 11.5. The van der Waals surface area contributed by atoms with Crippen LogP contribution in [0.15, 0.2) is 11.7 Å². The Morgan fingerprint density at radius 1 is 1.56 bits per heavy atom. The summed E-state index contributed by atoms with van der Waals surface area (Å²) in [4.78, 5) is 27.2. The molecule has 6 nitrogen and oxygen atoms in total. The molecule has 3 N–H and O–H groups in total. The average Bonchev–Trinajstić information content (AvgIpc) is 2.84. The number of carboxylic acid groups (broad SMARTS) is 1. The molecule has 100 valence electrons. The molecule has 0 spiro atoms. The minimum absolute atomic E-state index is 0.358. The number of hydrogen-bond acceptors (Lipinski definition) is 4. The number of rotatable bonds is 7. The molecule has 1 rings (SSSR count). The molecule has 0 fully saturated rings. The fraction of sp³-hybridized carbons (Fsp3) is 0.545. The molecule has 1 aromatic heterocycles. The van der Waals surface area contributed by atoms with E-state index in [0.29, 0.717) is 13.0 Å². The lowest BCUT2D eigenvalue weighted by Gasteiger charge is -2.14. The molecule has 0 aromatic carbocycles. The lowest BCUT2D eigenvalue weighted by atomic mass is 10.1. The van der Waals surface area contributed by atoms with Gasteiger partial charge in [-0.1, -0.05) is 19.8 Å². The lowest BCUT2D eigenvalue weighted by Crippen LogP contribution is -2.45. The van der Waals surface area contributed by atoms with E-state index in [1.807, 2.05) is 6.92 Å². The van der Waals surface area contributed by atoms with E-state index in [1.165, 1.54) is 11.3 Å². The van der Waals surface area contributed by atoms with Gasteiger partial charge in [-0.05, 0) is 6.42 Å². The molecule has 1 aromatic rings. The second-order valence-electron chi connectivity index (χ2n) is 3.83. The van der Waals surface area contributed by atoms with E-state index >= 15 is 0 Å². The number of amides is 2.